The third kappa shape index (κ3) is 3.98. The van der Waals surface area contributed by atoms with E-state index in [2.05, 4.69) is 9.44 Å². The number of nitrogens with one attached hydrogen (secondary N) is 3. The van der Waals surface area contributed by atoms with Crippen LogP contribution in [-0.4, -0.2) is 51.6 Å². The first-order chi connectivity index (χ1) is 14.7. The molecule has 0 aromatic heterocycles. The smallest absolute Gasteiger partial charge is 0.262 e. The average molecular weight is 488 g/mol. The molecule has 4 unspecified atom stereocenters. The van der Waals surface area contributed by atoms with Gasteiger partial charge in [0.1, 0.15) is 11.3 Å². The molecule has 3 rings (SSSR count). The van der Waals surface area contributed by atoms with Crippen molar-refractivity contribution in [1.82, 2.24) is 14.9 Å². The summed E-state index contributed by atoms with van der Waals surface area (Å²) in [6, 6.07) is 4.18. The molecular weight excluding hydrogens is 458 g/mol. The largest absolute Gasteiger partial charge is 0.298 e. The Hall–Kier alpha value is -1.86. The molecule has 1 aromatic rings. The molecule has 4 N–H and O–H groups in total. The van der Waals surface area contributed by atoms with Gasteiger partial charge in [-0.05, 0) is 43.2 Å². The van der Waals surface area contributed by atoms with E-state index in [9.17, 15) is 26.4 Å². The zero-order chi connectivity index (χ0) is 24.1. The molecule has 2 aliphatic rings. The Bertz CT molecular complexity index is 1130. The number of benzene rings is 1. The number of rotatable bonds is 8. The minimum atomic E-state index is -4.21. The van der Waals surface area contributed by atoms with Crippen molar-refractivity contribution in [3.8, 4) is 0 Å². The highest BCUT2D eigenvalue weighted by atomic mass is 32.2. The van der Waals surface area contributed by atoms with Crippen molar-refractivity contribution < 1.29 is 31.6 Å². The Balaban J connectivity index is 1.79. The third-order valence-electron chi connectivity index (χ3n) is 7.35. The van der Waals surface area contributed by atoms with E-state index in [1.807, 2.05) is 13.8 Å². The highest BCUT2D eigenvalue weighted by Gasteiger charge is 2.69. The first-order valence-corrected chi connectivity index (χ1v) is 13.3. The quantitative estimate of drug-likeness (QED) is 0.306. The molecule has 2 bridgehead atoms. The molecule has 1 amide bonds. The summed E-state index contributed by atoms with van der Waals surface area (Å²) in [5.74, 6) is -1.89. The van der Waals surface area contributed by atoms with Gasteiger partial charge in [-0.25, -0.2) is 27.0 Å². The van der Waals surface area contributed by atoms with Gasteiger partial charge in [-0.15, -0.1) is 0 Å². The van der Waals surface area contributed by atoms with E-state index < -0.39 is 54.6 Å². The van der Waals surface area contributed by atoms with E-state index in [1.54, 1.807) is 26.0 Å². The van der Waals surface area contributed by atoms with Crippen LogP contribution in [-0.2, 0) is 29.6 Å². The molecule has 4 atom stereocenters. The number of hydrogen-bond acceptors (Lipinski definition) is 7. The summed E-state index contributed by atoms with van der Waals surface area (Å²) in [5.41, 5.74) is 0.909. The molecule has 0 saturated heterocycles. The molecule has 0 radical (unpaired) electrons. The molecule has 32 heavy (non-hydrogen) atoms. The fourth-order valence-corrected chi connectivity index (χ4v) is 8.11. The summed E-state index contributed by atoms with van der Waals surface area (Å²) >= 11 is 0. The Kier molecular flexibility index (Phi) is 6.33. The van der Waals surface area contributed by atoms with Crippen LogP contribution < -0.4 is 14.9 Å². The molecule has 178 valence electrons. The van der Waals surface area contributed by atoms with Crippen LogP contribution >= 0.6 is 0 Å². The van der Waals surface area contributed by atoms with Crippen LogP contribution in [0.3, 0.4) is 0 Å². The van der Waals surface area contributed by atoms with Crippen LogP contribution in [0.1, 0.15) is 39.2 Å². The predicted molar refractivity (Wildman–Crippen MR) is 116 cm³/mol. The van der Waals surface area contributed by atoms with Crippen molar-refractivity contribution in [2.24, 2.45) is 16.7 Å². The zero-order valence-corrected chi connectivity index (χ0v) is 20.0. The molecule has 1 aromatic carbocycles. The van der Waals surface area contributed by atoms with Gasteiger partial charge < -0.3 is 0 Å². The topological polar surface area (TPSA) is 159 Å². The third-order valence-corrected chi connectivity index (χ3v) is 10.6. The van der Waals surface area contributed by atoms with Crippen molar-refractivity contribution in [3.63, 3.8) is 0 Å². The summed E-state index contributed by atoms with van der Waals surface area (Å²) < 4.78 is 55.7. The standard InChI is InChI=1S/C20H29N3O7S2/c1-12-5-7-13(8-6-12)31(27,28)23-15(18(25)22-26)11-21-32(29,30)16-14-9-10-20(4,17(16)24)19(14,2)3/h5-8,14-16,21,23,26H,9-11H2,1-4H3,(H,22,25). The van der Waals surface area contributed by atoms with E-state index in [4.69, 9.17) is 5.21 Å². The fraction of sp³-hybridized carbons (Fsp3) is 0.600. The van der Waals surface area contributed by atoms with Crippen LogP contribution in [0.4, 0.5) is 0 Å². The SMILES string of the molecule is Cc1ccc(S(=O)(=O)NC(CNS(=O)(=O)C2C(=O)C3(C)CCC2C3(C)C)C(=O)NO)cc1. The van der Waals surface area contributed by atoms with Crippen molar-refractivity contribution in [1.29, 1.82) is 0 Å². The van der Waals surface area contributed by atoms with E-state index in [0.717, 1.165) is 5.56 Å². The molecular formula is C20H29N3O7S2. The Morgan fingerprint density at radius 1 is 1.16 bits per heavy atom. The van der Waals surface area contributed by atoms with Gasteiger partial charge in [0.2, 0.25) is 20.0 Å². The maximum Gasteiger partial charge on any atom is 0.262 e. The summed E-state index contributed by atoms with van der Waals surface area (Å²) in [6.45, 7) is 6.65. The van der Waals surface area contributed by atoms with Crippen LogP contribution in [0, 0.1) is 23.7 Å². The van der Waals surface area contributed by atoms with E-state index in [0.29, 0.717) is 12.8 Å². The van der Waals surface area contributed by atoms with Gasteiger partial charge in [0.05, 0.1) is 4.90 Å². The second kappa shape index (κ2) is 8.17. The van der Waals surface area contributed by atoms with Crippen molar-refractivity contribution in [3.05, 3.63) is 29.8 Å². The fourth-order valence-electron chi connectivity index (χ4n) is 4.89. The summed E-state index contributed by atoms with van der Waals surface area (Å²) in [5, 5.41) is 7.74. The van der Waals surface area contributed by atoms with Gasteiger partial charge in [0.15, 0.2) is 5.78 Å². The molecule has 0 spiro atoms. The van der Waals surface area contributed by atoms with Crippen LogP contribution in [0.25, 0.3) is 0 Å². The first-order valence-electron chi connectivity index (χ1n) is 10.2. The van der Waals surface area contributed by atoms with Crippen LogP contribution in [0.2, 0.25) is 0 Å². The highest BCUT2D eigenvalue weighted by Crippen LogP contribution is 2.64. The maximum atomic E-state index is 13.0. The lowest BCUT2D eigenvalue weighted by Gasteiger charge is -2.32. The Labute approximate surface area is 188 Å². The lowest BCUT2D eigenvalue weighted by Crippen LogP contribution is -2.54. The van der Waals surface area contributed by atoms with Gasteiger partial charge in [-0.1, -0.05) is 38.5 Å². The monoisotopic (exact) mass is 487 g/mol. The Morgan fingerprint density at radius 3 is 2.25 bits per heavy atom. The summed E-state index contributed by atoms with van der Waals surface area (Å²) in [4.78, 5) is 24.9. The molecule has 12 heteroatoms. The number of fused-ring (bicyclic) bond motifs is 2. The summed E-state index contributed by atoms with van der Waals surface area (Å²) in [7, 11) is -8.40. The molecule has 0 heterocycles. The number of hydroxylamine groups is 1. The number of carbonyl (C=O) groups is 2. The predicted octanol–water partition coefficient (Wildman–Crippen LogP) is 0.461. The number of Topliss-reactive ketones (excluding diaryl/α,β-unsaturated/α-hetero) is 1. The maximum absolute atomic E-state index is 13.0. The number of sulfonamides is 2. The number of amides is 1. The van der Waals surface area contributed by atoms with E-state index >= 15 is 0 Å². The normalized spacial score (nSPS) is 28.0. The number of ketones is 1. The molecule has 10 nitrogen and oxygen atoms in total. The van der Waals surface area contributed by atoms with Crippen molar-refractivity contribution in [2.45, 2.75) is 56.7 Å². The second-order valence-corrected chi connectivity index (χ2v) is 12.9. The average Bonchev–Trinajstić information content (AvgIpc) is 3.03. The van der Waals surface area contributed by atoms with Gasteiger partial charge in [-0.3, -0.25) is 14.8 Å². The van der Waals surface area contributed by atoms with Gasteiger partial charge in [0, 0.05) is 12.0 Å². The van der Waals surface area contributed by atoms with Gasteiger partial charge in [0.25, 0.3) is 5.91 Å². The molecule has 0 aliphatic heterocycles. The molecule has 2 aliphatic carbocycles. The zero-order valence-electron chi connectivity index (χ0n) is 18.4. The van der Waals surface area contributed by atoms with E-state index in [-0.39, 0.29) is 16.6 Å². The second-order valence-electron chi connectivity index (χ2n) is 9.34. The minimum Gasteiger partial charge on any atom is -0.298 e. The number of aryl methyl sites for hydroxylation is 1. The molecule has 2 fully saturated rings. The van der Waals surface area contributed by atoms with Crippen LogP contribution in [0.15, 0.2) is 29.2 Å². The van der Waals surface area contributed by atoms with E-state index in [1.165, 1.54) is 17.6 Å². The van der Waals surface area contributed by atoms with Crippen LogP contribution in [0.5, 0.6) is 0 Å². The van der Waals surface area contributed by atoms with Gasteiger partial charge in [-0.2, -0.15) is 4.72 Å². The minimum absolute atomic E-state index is 0.125. The summed E-state index contributed by atoms with van der Waals surface area (Å²) in [6.07, 6.45) is 1.20. The highest BCUT2D eigenvalue weighted by molar-refractivity contribution is 7.91. The number of hydrogen-bond donors (Lipinski definition) is 4. The lowest BCUT2D eigenvalue weighted by molar-refractivity contribution is -0.130. The van der Waals surface area contributed by atoms with Crippen molar-refractivity contribution in [2.75, 3.05) is 6.54 Å². The molecule has 2 saturated carbocycles. The van der Waals surface area contributed by atoms with Crippen molar-refractivity contribution >= 4 is 31.7 Å². The van der Waals surface area contributed by atoms with Gasteiger partial charge >= 0.3 is 0 Å². The first kappa shape index (κ1) is 24.8. The lowest BCUT2D eigenvalue weighted by atomic mass is 9.70. The number of carbonyl (C=O) groups excluding carboxylic acids is 2. The Morgan fingerprint density at radius 2 is 1.75 bits per heavy atom.